The molecular formula is C10H10N2O4. The van der Waals surface area contributed by atoms with E-state index < -0.39 is 5.09 Å². The van der Waals surface area contributed by atoms with Gasteiger partial charge in [0.2, 0.25) is 0 Å². The number of hydrogen-bond acceptors (Lipinski definition) is 5. The van der Waals surface area contributed by atoms with E-state index in [0.717, 1.165) is 11.3 Å². The molecule has 0 bridgehead atoms. The second-order valence-corrected chi connectivity index (χ2v) is 3.35. The van der Waals surface area contributed by atoms with Crippen molar-refractivity contribution in [1.82, 2.24) is 0 Å². The van der Waals surface area contributed by atoms with Crippen LogP contribution in [0.1, 0.15) is 12.0 Å². The zero-order valence-corrected chi connectivity index (χ0v) is 8.41. The number of hydrogen-bond donors (Lipinski definition) is 0. The molecule has 0 N–H and O–H groups in total. The van der Waals surface area contributed by atoms with Crippen LogP contribution in [0, 0.1) is 10.1 Å². The van der Waals surface area contributed by atoms with Crippen molar-refractivity contribution < 1.29 is 14.8 Å². The zero-order chi connectivity index (χ0) is 11.4. The van der Waals surface area contributed by atoms with Gasteiger partial charge in [0.05, 0.1) is 5.71 Å². The molecule has 0 aliphatic carbocycles. The maximum absolute atomic E-state index is 10.00. The zero-order valence-electron chi connectivity index (χ0n) is 8.41. The molecule has 84 valence electrons. The average molecular weight is 222 g/mol. The number of benzene rings is 1. The standard InChI is InChI=1S/C10H10N2O4/c13-12(14)15-7-9-6-10(11-16-9)8-4-2-1-3-5-8/h1-5,9H,6-7H2. The van der Waals surface area contributed by atoms with Crippen molar-refractivity contribution in [3.63, 3.8) is 0 Å². The molecule has 0 amide bonds. The van der Waals surface area contributed by atoms with Gasteiger partial charge in [0.15, 0.2) is 6.10 Å². The summed E-state index contributed by atoms with van der Waals surface area (Å²) in [4.78, 5) is 19.3. The van der Waals surface area contributed by atoms with E-state index in [1.54, 1.807) is 0 Å². The Labute approximate surface area is 91.6 Å². The van der Waals surface area contributed by atoms with Gasteiger partial charge in [-0.2, -0.15) is 0 Å². The normalized spacial score (nSPS) is 18.8. The van der Waals surface area contributed by atoms with Crippen molar-refractivity contribution in [1.29, 1.82) is 0 Å². The van der Waals surface area contributed by atoms with Crippen molar-refractivity contribution in [2.75, 3.05) is 6.61 Å². The van der Waals surface area contributed by atoms with Gasteiger partial charge in [-0.25, -0.2) is 0 Å². The average Bonchev–Trinajstić information content (AvgIpc) is 2.76. The first-order valence-electron chi connectivity index (χ1n) is 4.81. The molecule has 0 spiro atoms. The highest BCUT2D eigenvalue weighted by molar-refractivity contribution is 6.01. The lowest BCUT2D eigenvalue weighted by atomic mass is 10.1. The Balaban J connectivity index is 1.90. The van der Waals surface area contributed by atoms with E-state index in [2.05, 4.69) is 9.99 Å². The second-order valence-electron chi connectivity index (χ2n) is 3.35. The highest BCUT2D eigenvalue weighted by Gasteiger charge is 2.23. The minimum atomic E-state index is -0.829. The van der Waals surface area contributed by atoms with Crippen LogP contribution in [0.3, 0.4) is 0 Å². The van der Waals surface area contributed by atoms with Gasteiger partial charge >= 0.3 is 0 Å². The molecule has 1 aromatic rings. The summed E-state index contributed by atoms with van der Waals surface area (Å²) in [6, 6.07) is 9.54. The summed E-state index contributed by atoms with van der Waals surface area (Å²) in [5.74, 6) is 0. The maximum Gasteiger partial charge on any atom is 0.294 e. The van der Waals surface area contributed by atoms with Crippen LogP contribution in [0.2, 0.25) is 0 Å². The third-order valence-corrected chi connectivity index (χ3v) is 2.21. The van der Waals surface area contributed by atoms with Crippen LogP contribution in [-0.4, -0.2) is 23.5 Å². The van der Waals surface area contributed by atoms with Crippen LogP contribution >= 0.6 is 0 Å². The first-order chi connectivity index (χ1) is 7.75. The monoisotopic (exact) mass is 222 g/mol. The largest absolute Gasteiger partial charge is 0.390 e. The lowest BCUT2D eigenvalue weighted by Gasteiger charge is -2.05. The molecule has 16 heavy (non-hydrogen) atoms. The Morgan fingerprint density at radius 1 is 1.50 bits per heavy atom. The molecule has 1 aliphatic rings. The Kier molecular flexibility index (Phi) is 3.00. The fourth-order valence-electron chi connectivity index (χ4n) is 1.46. The molecule has 0 saturated heterocycles. The molecule has 1 atom stereocenters. The van der Waals surface area contributed by atoms with E-state index in [0.29, 0.717) is 6.42 Å². The van der Waals surface area contributed by atoms with E-state index in [1.807, 2.05) is 30.3 Å². The summed E-state index contributed by atoms with van der Waals surface area (Å²) in [5.41, 5.74) is 1.75. The summed E-state index contributed by atoms with van der Waals surface area (Å²) in [6.07, 6.45) is 0.151. The van der Waals surface area contributed by atoms with Crippen molar-refractivity contribution >= 4 is 5.71 Å². The van der Waals surface area contributed by atoms with Crippen LogP contribution in [-0.2, 0) is 9.68 Å². The summed E-state index contributed by atoms with van der Waals surface area (Å²) in [7, 11) is 0. The first-order valence-corrected chi connectivity index (χ1v) is 4.81. The quantitative estimate of drug-likeness (QED) is 0.569. The third-order valence-electron chi connectivity index (χ3n) is 2.21. The molecule has 0 aromatic heterocycles. The lowest BCUT2D eigenvalue weighted by molar-refractivity contribution is -0.759. The molecule has 2 rings (SSSR count). The van der Waals surface area contributed by atoms with E-state index >= 15 is 0 Å². The van der Waals surface area contributed by atoms with Crippen molar-refractivity contribution in [2.24, 2.45) is 5.16 Å². The van der Waals surface area contributed by atoms with Crippen LogP contribution in [0.5, 0.6) is 0 Å². The number of rotatable bonds is 4. The molecular weight excluding hydrogens is 212 g/mol. The van der Waals surface area contributed by atoms with Gasteiger partial charge < -0.3 is 9.68 Å². The second kappa shape index (κ2) is 4.61. The summed E-state index contributed by atoms with van der Waals surface area (Å²) in [6.45, 7) is -0.0904. The Morgan fingerprint density at radius 2 is 2.25 bits per heavy atom. The minimum absolute atomic E-state index is 0.0904. The fraction of sp³-hybridized carbons (Fsp3) is 0.300. The Bertz CT molecular complexity index is 405. The fourth-order valence-corrected chi connectivity index (χ4v) is 1.46. The van der Waals surface area contributed by atoms with E-state index in [4.69, 9.17) is 4.84 Å². The van der Waals surface area contributed by atoms with Crippen molar-refractivity contribution in [3.8, 4) is 0 Å². The van der Waals surface area contributed by atoms with E-state index in [1.165, 1.54) is 0 Å². The molecule has 1 heterocycles. The topological polar surface area (TPSA) is 74.0 Å². The molecule has 6 heteroatoms. The summed E-state index contributed by atoms with van der Waals surface area (Å²) < 4.78 is 0. The Morgan fingerprint density at radius 3 is 2.94 bits per heavy atom. The molecule has 0 fully saturated rings. The lowest BCUT2D eigenvalue weighted by Crippen LogP contribution is -2.18. The maximum atomic E-state index is 10.00. The first kappa shape index (κ1) is 10.4. The third kappa shape index (κ3) is 2.47. The Hall–Kier alpha value is -2.11. The molecule has 0 radical (unpaired) electrons. The van der Waals surface area contributed by atoms with E-state index in [-0.39, 0.29) is 12.7 Å². The van der Waals surface area contributed by atoms with Gasteiger partial charge in [0, 0.05) is 6.42 Å². The smallest absolute Gasteiger partial charge is 0.294 e. The number of oxime groups is 1. The molecule has 1 aromatic carbocycles. The van der Waals surface area contributed by atoms with Gasteiger partial charge in [-0.15, -0.1) is 10.1 Å². The highest BCUT2D eigenvalue weighted by Crippen LogP contribution is 2.16. The molecule has 1 unspecified atom stereocenters. The predicted octanol–water partition coefficient (Wildman–Crippen LogP) is 1.39. The van der Waals surface area contributed by atoms with Gasteiger partial charge in [0.1, 0.15) is 6.61 Å². The number of nitrogens with zero attached hydrogens (tertiary/aromatic N) is 2. The van der Waals surface area contributed by atoms with Gasteiger partial charge in [-0.3, -0.25) is 0 Å². The van der Waals surface area contributed by atoms with Crippen molar-refractivity contribution in [3.05, 3.63) is 46.0 Å². The van der Waals surface area contributed by atoms with Crippen LogP contribution < -0.4 is 0 Å². The molecule has 1 aliphatic heterocycles. The summed E-state index contributed by atoms with van der Waals surface area (Å²) >= 11 is 0. The molecule has 0 saturated carbocycles. The van der Waals surface area contributed by atoms with Crippen LogP contribution in [0.25, 0.3) is 0 Å². The highest BCUT2D eigenvalue weighted by atomic mass is 17.0. The summed E-state index contributed by atoms with van der Waals surface area (Å²) in [5, 5.41) is 13.0. The van der Waals surface area contributed by atoms with Crippen LogP contribution in [0.4, 0.5) is 0 Å². The van der Waals surface area contributed by atoms with Crippen LogP contribution in [0.15, 0.2) is 35.5 Å². The SMILES string of the molecule is O=[N+]([O-])OCC1CC(c2ccccc2)=NO1. The van der Waals surface area contributed by atoms with Gasteiger partial charge in [-0.05, 0) is 5.56 Å². The van der Waals surface area contributed by atoms with Gasteiger partial charge in [0.25, 0.3) is 5.09 Å². The van der Waals surface area contributed by atoms with Gasteiger partial charge in [-0.1, -0.05) is 35.5 Å². The van der Waals surface area contributed by atoms with E-state index in [9.17, 15) is 10.1 Å². The molecule has 6 nitrogen and oxygen atoms in total. The van der Waals surface area contributed by atoms with Crippen molar-refractivity contribution in [2.45, 2.75) is 12.5 Å². The minimum Gasteiger partial charge on any atom is -0.390 e. The predicted molar refractivity (Wildman–Crippen MR) is 55.4 cm³/mol.